The quantitative estimate of drug-likeness (QED) is 0.569. The zero-order valence-corrected chi connectivity index (χ0v) is 18.2. The number of amides is 2. The molecule has 0 unspecified atom stereocenters. The fourth-order valence-electron chi connectivity index (χ4n) is 4.15. The lowest BCUT2D eigenvalue weighted by Gasteiger charge is -2.42. The number of carboxylic acid groups (broad SMARTS) is 1. The second kappa shape index (κ2) is 9.19. The van der Waals surface area contributed by atoms with Crippen molar-refractivity contribution >= 4 is 12.0 Å². The zero-order valence-electron chi connectivity index (χ0n) is 18.2. The Kier molecular flexibility index (Phi) is 6.86. The zero-order chi connectivity index (χ0) is 25.4. The molecule has 2 aromatic rings. The van der Waals surface area contributed by atoms with Crippen molar-refractivity contribution in [3.63, 3.8) is 0 Å². The van der Waals surface area contributed by atoms with E-state index >= 15 is 0 Å². The highest BCUT2D eigenvalue weighted by Crippen LogP contribution is 2.37. The monoisotopic (exact) mass is 488 g/mol. The normalized spacial score (nSPS) is 19.1. The Balaban J connectivity index is 1.99. The van der Waals surface area contributed by atoms with E-state index in [-0.39, 0.29) is 25.6 Å². The molecule has 1 aliphatic rings. The van der Waals surface area contributed by atoms with Gasteiger partial charge >= 0.3 is 18.4 Å². The predicted octanol–water partition coefficient (Wildman–Crippen LogP) is 5.64. The van der Waals surface area contributed by atoms with Gasteiger partial charge in [0.25, 0.3) is 5.91 Å². The Bertz CT molecular complexity index is 1030. The number of carbonyl (C=O) groups is 2. The Hall–Kier alpha value is -3.24. The van der Waals surface area contributed by atoms with Crippen LogP contribution in [0.25, 0.3) is 0 Å². The van der Waals surface area contributed by atoms with E-state index in [2.05, 4.69) is 0 Å². The van der Waals surface area contributed by atoms with Gasteiger partial charge in [-0.25, -0.2) is 4.79 Å². The highest BCUT2D eigenvalue weighted by molar-refractivity contribution is 5.95. The second-order valence-corrected chi connectivity index (χ2v) is 8.31. The van der Waals surface area contributed by atoms with Crippen molar-refractivity contribution in [1.29, 1.82) is 0 Å². The number of carbonyl (C=O) groups excluding carboxylic acids is 1. The van der Waals surface area contributed by atoms with Gasteiger partial charge in [-0.2, -0.15) is 26.3 Å². The van der Waals surface area contributed by atoms with E-state index in [0.29, 0.717) is 17.7 Å². The number of likely N-dealkylation sites (N-methyl/N-ethyl adjacent to an activating group) is 1. The minimum absolute atomic E-state index is 0.0249. The number of halogens is 6. The van der Waals surface area contributed by atoms with E-state index in [1.165, 1.54) is 11.9 Å². The van der Waals surface area contributed by atoms with Crippen LogP contribution >= 0.6 is 0 Å². The van der Waals surface area contributed by atoms with E-state index in [9.17, 15) is 41.0 Å². The third-order valence-corrected chi connectivity index (χ3v) is 6.00. The first-order valence-electron chi connectivity index (χ1n) is 10.3. The first-order chi connectivity index (χ1) is 15.7. The fraction of sp³-hybridized carbons (Fsp3) is 0.391. The van der Waals surface area contributed by atoms with Crippen molar-refractivity contribution in [1.82, 2.24) is 9.80 Å². The molecule has 0 aromatic heterocycles. The molecule has 34 heavy (non-hydrogen) atoms. The van der Waals surface area contributed by atoms with Gasteiger partial charge in [-0.1, -0.05) is 29.8 Å². The molecule has 2 amide bonds. The van der Waals surface area contributed by atoms with Gasteiger partial charge in [0.05, 0.1) is 11.1 Å². The number of aryl methyl sites for hydroxylation is 1. The summed E-state index contributed by atoms with van der Waals surface area (Å²) in [5, 5.41) is 9.40. The molecule has 2 atom stereocenters. The van der Waals surface area contributed by atoms with Gasteiger partial charge in [-0.15, -0.1) is 0 Å². The van der Waals surface area contributed by atoms with Crippen LogP contribution in [0.2, 0.25) is 0 Å². The molecule has 3 rings (SSSR count). The summed E-state index contributed by atoms with van der Waals surface area (Å²) in [5.41, 5.74) is -2.24. The van der Waals surface area contributed by atoms with Gasteiger partial charge in [0.15, 0.2) is 0 Å². The van der Waals surface area contributed by atoms with Crippen LogP contribution in [0.15, 0.2) is 42.5 Å². The van der Waals surface area contributed by atoms with Gasteiger partial charge in [0, 0.05) is 37.7 Å². The number of likely N-dealkylation sites (tertiary alicyclic amines) is 1. The third-order valence-electron chi connectivity index (χ3n) is 6.00. The van der Waals surface area contributed by atoms with Gasteiger partial charge < -0.3 is 14.9 Å². The van der Waals surface area contributed by atoms with Crippen LogP contribution in [0.4, 0.5) is 31.1 Å². The largest absolute Gasteiger partial charge is 0.465 e. The molecule has 5 nitrogen and oxygen atoms in total. The summed E-state index contributed by atoms with van der Waals surface area (Å²) in [6, 6.07) is 7.27. The molecule has 0 radical (unpaired) electrons. The molecule has 11 heteroatoms. The van der Waals surface area contributed by atoms with E-state index in [4.69, 9.17) is 0 Å². The van der Waals surface area contributed by atoms with Crippen molar-refractivity contribution in [3.05, 3.63) is 70.3 Å². The summed E-state index contributed by atoms with van der Waals surface area (Å²) in [6.07, 6.45) is -11.1. The molecular formula is C23H22F6N2O3. The maximum atomic E-state index is 13.2. The summed E-state index contributed by atoms with van der Waals surface area (Å²) in [5.74, 6) is -1.53. The first kappa shape index (κ1) is 25.4. The number of rotatable bonds is 3. The fourth-order valence-corrected chi connectivity index (χ4v) is 4.15. The van der Waals surface area contributed by atoms with Crippen molar-refractivity contribution in [2.24, 2.45) is 0 Å². The smallest absolute Gasteiger partial charge is 0.416 e. The highest BCUT2D eigenvalue weighted by atomic mass is 19.4. The average Bonchev–Trinajstić information content (AvgIpc) is 2.76. The molecule has 1 N–H and O–H groups in total. The first-order valence-corrected chi connectivity index (χ1v) is 10.3. The average molecular weight is 488 g/mol. The van der Waals surface area contributed by atoms with Crippen molar-refractivity contribution in [2.75, 3.05) is 20.1 Å². The van der Waals surface area contributed by atoms with Crippen LogP contribution in [0.1, 0.15) is 45.0 Å². The van der Waals surface area contributed by atoms with Crippen molar-refractivity contribution < 1.29 is 41.0 Å². The maximum Gasteiger partial charge on any atom is 0.416 e. The summed E-state index contributed by atoms with van der Waals surface area (Å²) in [4.78, 5) is 26.9. The lowest BCUT2D eigenvalue weighted by Crippen LogP contribution is -2.51. The molecule has 0 aliphatic carbocycles. The van der Waals surface area contributed by atoms with E-state index in [1.54, 1.807) is 24.3 Å². The Morgan fingerprint density at radius 1 is 0.971 bits per heavy atom. The summed E-state index contributed by atoms with van der Waals surface area (Å²) < 4.78 is 79.4. The molecule has 0 bridgehead atoms. The molecule has 1 aliphatic heterocycles. The SMILES string of the molecule is Cc1ccc([C@@H]2CN(C(=O)O)CC[C@H]2N(C)C(=O)c2cc(C(F)(F)F)cc(C(F)(F)F)c2)cc1. The molecule has 0 spiro atoms. The lowest BCUT2D eigenvalue weighted by molar-refractivity contribution is -0.143. The summed E-state index contributed by atoms with van der Waals surface area (Å²) >= 11 is 0. The van der Waals surface area contributed by atoms with Crippen LogP contribution in [0.5, 0.6) is 0 Å². The minimum atomic E-state index is -5.08. The standard InChI is InChI=1S/C23H22F6N2O3/c1-13-3-5-14(6-4-13)18-12-31(21(33)34)8-7-19(18)30(2)20(32)15-9-16(22(24,25)26)11-17(10-15)23(27,28)29/h3-6,9-11,18-19H,7-8,12H2,1-2H3,(H,33,34)/t18-,19+/m0/s1. The number of alkyl halides is 6. The van der Waals surface area contributed by atoms with Crippen molar-refractivity contribution in [2.45, 2.75) is 37.7 Å². The van der Waals surface area contributed by atoms with E-state index in [0.717, 1.165) is 10.5 Å². The maximum absolute atomic E-state index is 13.2. The molecular weight excluding hydrogens is 466 g/mol. The Morgan fingerprint density at radius 2 is 1.50 bits per heavy atom. The number of nitrogens with zero attached hydrogens (tertiary/aromatic N) is 2. The number of piperidine rings is 1. The molecule has 1 fully saturated rings. The minimum Gasteiger partial charge on any atom is -0.465 e. The molecule has 2 aromatic carbocycles. The Labute approximate surface area is 191 Å². The van der Waals surface area contributed by atoms with Crippen molar-refractivity contribution in [3.8, 4) is 0 Å². The van der Waals surface area contributed by atoms with Gasteiger partial charge in [0.1, 0.15) is 0 Å². The van der Waals surface area contributed by atoms with Gasteiger partial charge in [-0.05, 0) is 37.1 Å². The third kappa shape index (κ3) is 5.45. The Morgan fingerprint density at radius 3 is 1.97 bits per heavy atom. The summed E-state index contributed by atoms with van der Waals surface area (Å²) in [6.45, 7) is 1.95. The molecule has 1 saturated heterocycles. The number of hydrogen-bond acceptors (Lipinski definition) is 2. The van der Waals surface area contributed by atoms with Crippen LogP contribution in [0.3, 0.4) is 0 Å². The lowest BCUT2D eigenvalue weighted by atomic mass is 9.84. The molecule has 1 heterocycles. The topological polar surface area (TPSA) is 60.9 Å². The molecule has 184 valence electrons. The summed E-state index contributed by atoms with van der Waals surface area (Å²) in [7, 11) is 1.30. The molecule has 0 saturated carbocycles. The number of benzene rings is 2. The van der Waals surface area contributed by atoms with Gasteiger partial charge in [-0.3, -0.25) is 4.79 Å². The highest BCUT2D eigenvalue weighted by Gasteiger charge is 2.40. The van der Waals surface area contributed by atoms with Crippen LogP contribution in [0, 0.1) is 6.92 Å². The number of hydrogen-bond donors (Lipinski definition) is 1. The van der Waals surface area contributed by atoms with Crippen LogP contribution < -0.4 is 0 Å². The van der Waals surface area contributed by atoms with E-state index in [1.807, 2.05) is 6.92 Å². The predicted molar refractivity (Wildman–Crippen MR) is 110 cm³/mol. The van der Waals surface area contributed by atoms with E-state index < -0.39 is 53.0 Å². The van der Waals surface area contributed by atoms with Gasteiger partial charge in [0.2, 0.25) is 0 Å². The van der Waals surface area contributed by atoms with Crippen LogP contribution in [-0.2, 0) is 12.4 Å². The second-order valence-electron chi connectivity index (χ2n) is 8.31. The van der Waals surface area contributed by atoms with Crippen LogP contribution in [-0.4, -0.2) is 53.1 Å².